The van der Waals surface area contributed by atoms with E-state index in [1.54, 1.807) is 0 Å². The van der Waals surface area contributed by atoms with Crippen molar-refractivity contribution in [1.82, 2.24) is 15.0 Å². The van der Waals surface area contributed by atoms with Crippen LogP contribution in [0.5, 0.6) is 5.75 Å². The number of azo groups is 1. The van der Waals surface area contributed by atoms with Crippen LogP contribution in [-0.2, 0) is 64.9 Å². The molecule has 0 saturated heterocycles. The summed E-state index contributed by atoms with van der Waals surface area (Å²) in [5.41, 5.74) is -2.38. The van der Waals surface area contributed by atoms with Crippen molar-refractivity contribution in [3.63, 3.8) is 0 Å². The van der Waals surface area contributed by atoms with Crippen molar-refractivity contribution in [1.29, 1.82) is 0 Å². The number of hydrogen-bond acceptors (Lipinski definition) is 21. The Labute approximate surface area is 394 Å². The fraction of sp³-hybridized carbons (Fsp3) is 0.0645. The summed E-state index contributed by atoms with van der Waals surface area (Å²) in [4.78, 5) is 7.42. The van der Waals surface area contributed by atoms with Crippen LogP contribution in [0.15, 0.2) is 108 Å². The van der Waals surface area contributed by atoms with E-state index < -0.39 is 148 Å². The standard InChI is InChI=1S/C31H24ClN7O19S6.Na/c32-29-35-30(33-16-4-6-17(7-5-16)59(41,42)11-10-58-64(55,56)57)37-31(36-29)34-22-14-18(60(43,44)45)12-15-13-24(62(49,50)51)26(27(40)25(15)22)39-38-21-9-8-19-20(28(21)63(52,53)54)2-1-3-23(19)61(46,47)48;/h1-9,12-14,40H,10-11H2,(H,43,44,45)(H,46,47,48)(H,49,50,51)(H,52,53,54)(H,55,56,57)(H2,33,34,35,36,37);/q;+1. The maximum Gasteiger partial charge on any atom is 1.00 e. The quantitative estimate of drug-likeness (QED) is 0.0404. The van der Waals surface area contributed by atoms with Crippen LogP contribution in [-0.4, -0.2) is 106 Å². The molecule has 0 aliphatic carbocycles. The van der Waals surface area contributed by atoms with Crippen molar-refractivity contribution in [3.8, 4) is 5.75 Å². The summed E-state index contributed by atoms with van der Waals surface area (Å²) in [6, 6.07) is 11.2. The number of halogens is 1. The maximum absolute atomic E-state index is 12.6. The average Bonchev–Trinajstić information content (AvgIpc) is 3.14. The second-order valence-electron chi connectivity index (χ2n) is 12.6. The topological polar surface area (TPSA) is 423 Å². The molecule has 0 aliphatic heterocycles. The molecule has 5 aromatic carbocycles. The number of fused-ring (bicyclic) bond motifs is 2. The van der Waals surface area contributed by atoms with Gasteiger partial charge in [0.2, 0.25) is 17.2 Å². The van der Waals surface area contributed by atoms with Crippen LogP contribution < -0.4 is 40.2 Å². The maximum atomic E-state index is 12.6. The molecule has 0 spiro atoms. The van der Waals surface area contributed by atoms with E-state index >= 15 is 0 Å². The molecule has 0 radical (unpaired) electrons. The first-order chi connectivity index (χ1) is 29.4. The van der Waals surface area contributed by atoms with Crippen molar-refractivity contribution in [3.05, 3.63) is 78.1 Å². The SMILES string of the molecule is O=S(=O)(O)OCCS(=O)(=O)c1ccc(Nc2nc(Cl)nc(Nc3cc(S(=O)(=O)O)cc4cc(S(=O)(=O)O)c(N=Nc5ccc6c(S(=O)(=O)O)cccc6c5S(=O)(=O)O)c(O)c34)n2)cc1.[Na+]. The first kappa shape index (κ1) is 51.4. The molecule has 6 aromatic rings. The normalized spacial score (nSPS) is 13.0. The zero-order chi connectivity index (χ0) is 47.4. The second-order valence-corrected chi connectivity index (χ2v) is 21.7. The molecule has 0 atom stereocenters. The van der Waals surface area contributed by atoms with Crippen molar-refractivity contribution < 1.29 is 112 Å². The minimum atomic E-state index is -5.47. The predicted molar refractivity (Wildman–Crippen MR) is 220 cm³/mol. The van der Waals surface area contributed by atoms with Gasteiger partial charge in [0.25, 0.3) is 40.5 Å². The summed E-state index contributed by atoms with van der Waals surface area (Å²) in [5, 5.41) is 21.5. The van der Waals surface area contributed by atoms with Gasteiger partial charge in [0, 0.05) is 21.8 Å². The van der Waals surface area contributed by atoms with Gasteiger partial charge < -0.3 is 15.7 Å². The third-order valence-corrected chi connectivity index (χ3v) is 14.2. The molecule has 0 unspecified atom stereocenters. The number of aromatic hydroxyl groups is 1. The van der Waals surface area contributed by atoms with Crippen molar-refractivity contribution >= 4 is 129 Å². The van der Waals surface area contributed by atoms with Crippen molar-refractivity contribution in [2.45, 2.75) is 24.5 Å². The number of aromatic nitrogens is 3. The van der Waals surface area contributed by atoms with E-state index in [1.165, 1.54) is 12.1 Å². The number of rotatable bonds is 15. The minimum absolute atomic E-state index is 0. The third-order valence-electron chi connectivity index (χ3n) is 8.35. The first-order valence-electron chi connectivity index (χ1n) is 16.5. The third kappa shape index (κ3) is 12.0. The smallest absolute Gasteiger partial charge is 0.505 e. The van der Waals surface area contributed by atoms with Crippen LogP contribution in [0.25, 0.3) is 21.5 Å². The summed E-state index contributed by atoms with van der Waals surface area (Å²) in [6.07, 6.45) is 0. The van der Waals surface area contributed by atoms with E-state index in [-0.39, 0.29) is 46.1 Å². The molecule has 0 saturated carbocycles. The average molecular weight is 1050 g/mol. The van der Waals surface area contributed by atoms with Gasteiger partial charge in [-0.25, -0.2) is 12.6 Å². The minimum Gasteiger partial charge on any atom is -0.505 e. The fourth-order valence-corrected chi connectivity index (χ4v) is 10.2. The number of nitrogens with one attached hydrogen (secondary N) is 2. The van der Waals surface area contributed by atoms with E-state index in [0.29, 0.717) is 18.2 Å². The Morgan fingerprint density at radius 3 is 1.82 bits per heavy atom. The molecule has 0 aliphatic rings. The van der Waals surface area contributed by atoms with Crippen LogP contribution in [0.4, 0.5) is 34.6 Å². The zero-order valence-corrected chi connectivity index (χ0v) is 39.6. The van der Waals surface area contributed by atoms with Gasteiger partial charge in [0.1, 0.15) is 26.1 Å². The molecule has 26 nitrogen and oxygen atoms in total. The monoisotopic (exact) mass is 1050 g/mol. The van der Waals surface area contributed by atoms with Crippen LogP contribution in [0.3, 0.4) is 0 Å². The zero-order valence-electron chi connectivity index (χ0n) is 31.9. The first-order valence-corrected chi connectivity index (χ1v) is 25.7. The van der Waals surface area contributed by atoms with E-state index in [1.807, 2.05) is 0 Å². The summed E-state index contributed by atoms with van der Waals surface area (Å²) in [6.45, 7) is -0.887. The molecule has 0 amide bonds. The summed E-state index contributed by atoms with van der Waals surface area (Å²) >= 11 is 6.11. The molecular formula is C31H24ClN7NaO19S6+. The Morgan fingerprint density at radius 2 is 1.25 bits per heavy atom. The van der Waals surface area contributed by atoms with Gasteiger partial charge in [-0.3, -0.25) is 22.8 Å². The molecule has 340 valence electrons. The number of phenols is 1. The summed E-state index contributed by atoms with van der Waals surface area (Å²) < 4.78 is 198. The predicted octanol–water partition coefficient (Wildman–Crippen LogP) is 1.02. The number of nitrogens with zero attached hydrogens (tertiary/aromatic N) is 5. The molecule has 1 heterocycles. The Kier molecular flexibility index (Phi) is 14.7. The molecule has 0 fully saturated rings. The molecule has 8 N–H and O–H groups in total. The van der Waals surface area contributed by atoms with Gasteiger partial charge in [-0.05, 0) is 71.6 Å². The van der Waals surface area contributed by atoms with Crippen LogP contribution in [0, 0.1) is 0 Å². The van der Waals surface area contributed by atoms with Gasteiger partial charge in [-0.2, -0.15) is 57.0 Å². The Balaban J connectivity index is 0.00000793. The van der Waals surface area contributed by atoms with E-state index in [0.717, 1.165) is 42.5 Å². The van der Waals surface area contributed by atoms with Gasteiger partial charge in [0.15, 0.2) is 15.6 Å². The van der Waals surface area contributed by atoms with E-state index in [9.17, 15) is 73.8 Å². The fourth-order valence-electron chi connectivity index (χ4n) is 5.79. The molecule has 1 aromatic heterocycles. The van der Waals surface area contributed by atoms with E-state index in [2.05, 4.69) is 40.0 Å². The molecule has 0 bridgehead atoms. The summed E-state index contributed by atoms with van der Waals surface area (Å²) in [7, 11) is -29.9. The van der Waals surface area contributed by atoms with Gasteiger partial charge >= 0.3 is 40.0 Å². The van der Waals surface area contributed by atoms with Gasteiger partial charge in [-0.1, -0.05) is 18.2 Å². The van der Waals surface area contributed by atoms with E-state index in [4.69, 9.17) is 16.2 Å². The number of benzene rings is 5. The van der Waals surface area contributed by atoms with Crippen molar-refractivity contribution in [2.24, 2.45) is 10.2 Å². The number of phenolic OH excluding ortho intramolecular Hbond substituents is 1. The number of anilines is 4. The Bertz CT molecular complexity index is 3660. The van der Waals surface area contributed by atoms with Crippen LogP contribution in [0.1, 0.15) is 0 Å². The molecular weight excluding hydrogens is 1030 g/mol. The largest absolute Gasteiger partial charge is 1.00 e. The molecule has 34 heteroatoms. The van der Waals surface area contributed by atoms with Crippen LogP contribution >= 0.6 is 11.6 Å². The number of hydrogen-bond donors (Lipinski definition) is 8. The van der Waals surface area contributed by atoms with Crippen LogP contribution in [0.2, 0.25) is 5.28 Å². The Morgan fingerprint density at radius 1 is 0.631 bits per heavy atom. The molecule has 6 rings (SSSR count). The summed E-state index contributed by atoms with van der Waals surface area (Å²) in [5.74, 6) is -2.96. The second kappa shape index (κ2) is 18.6. The Hall–Kier alpha value is -4.62. The van der Waals surface area contributed by atoms with Gasteiger partial charge in [0.05, 0.1) is 27.8 Å². The van der Waals surface area contributed by atoms with Gasteiger partial charge in [-0.15, -0.1) is 10.2 Å². The number of sulfone groups is 1. The molecule has 65 heavy (non-hydrogen) atoms. The van der Waals surface area contributed by atoms with Crippen molar-refractivity contribution in [2.75, 3.05) is 23.0 Å².